The molecule has 4 N–H and O–H groups in total. The molecule has 20 heavy (non-hydrogen) atoms. The Morgan fingerprint density at radius 3 is 2.75 bits per heavy atom. The third-order valence-corrected chi connectivity index (χ3v) is 4.00. The van der Waals surface area contributed by atoms with Crippen molar-refractivity contribution in [3.63, 3.8) is 0 Å². The van der Waals surface area contributed by atoms with Crippen LogP contribution < -0.4 is 10.6 Å². The van der Waals surface area contributed by atoms with Gasteiger partial charge >= 0.3 is 0 Å². The molecule has 7 heteroatoms. The summed E-state index contributed by atoms with van der Waals surface area (Å²) < 4.78 is 0. The molecule has 1 aliphatic heterocycles. The Morgan fingerprint density at radius 1 is 1.30 bits per heavy atom. The number of nitrogens with one attached hydrogen (secondary N) is 2. The van der Waals surface area contributed by atoms with Crippen molar-refractivity contribution < 1.29 is 15.0 Å². The Labute approximate surface area is 119 Å². The largest absolute Gasteiger partial charge is 0.508 e. The van der Waals surface area contributed by atoms with E-state index in [1.165, 1.54) is 29.5 Å². The van der Waals surface area contributed by atoms with E-state index in [9.17, 15) is 15.0 Å². The number of hydrogen-bond donors (Lipinski definition) is 4. The van der Waals surface area contributed by atoms with Gasteiger partial charge in [-0.2, -0.15) is 0 Å². The van der Waals surface area contributed by atoms with Crippen molar-refractivity contribution in [2.45, 2.75) is 13.0 Å². The molecule has 0 fully saturated rings. The van der Waals surface area contributed by atoms with E-state index < -0.39 is 5.91 Å². The van der Waals surface area contributed by atoms with Gasteiger partial charge in [-0.05, 0) is 12.1 Å². The van der Waals surface area contributed by atoms with Crippen molar-refractivity contribution in [1.29, 1.82) is 0 Å². The number of fused-ring (bicyclic) bond motifs is 1. The molecule has 1 aliphatic rings. The summed E-state index contributed by atoms with van der Waals surface area (Å²) in [5.41, 5.74) is 1.21. The van der Waals surface area contributed by atoms with E-state index in [0.717, 1.165) is 30.1 Å². The minimum atomic E-state index is -0.407. The Kier molecular flexibility index (Phi) is 3.29. The second kappa shape index (κ2) is 5.10. The molecule has 1 aromatic carbocycles. The molecule has 0 saturated heterocycles. The van der Waals surface area contributed by atoms with Crippen molar-refractivity contribution in [2.24, 2.45) is 0 Å². The van der Waals surface area contributed by atoms with E-state index in [1.54, 1.807) is 0 Å². The molecular formula is C13H13N3O3S. The van der Waals surface area contributed by atoms with Gasteiger partial charge < -0.3 is 15.5 Å². The van der Waals surface area contributed by atoms with Gasteiger partial charge in [0.15, 0.2) is 5.13 Å². The molecule has 0 bridgehead atoms. The fourth-order valence-corrected chi connectivity index (χ4v) is 3.05. The summed E-state index contributed by atoms with van der Waals surface area (Å²) in [5.74, 6) is -0.717. The second-order valence-corrected chi connectivity index (χ2v) is 5.59. The molecule has 2 aromatic rings. The van der Waals surface area contributed by atoms with E-state index in [2.05, 4.69) is 15.6 Å². The van der Waals surface area contributed by atoms with Gasteiger partial charge in [0.25, 0.3) is 5.91 Å². The number of anilines is 1. The van der Waals surface area contributed by atoms with Crippen LogP contribution in [-0.4, -0.2) is 27.6 Å². The summed E-state index contributed by atoms with van der Waals surface area (Å²) >= 11 is 1.44. The quantitative estimate of drug-likeness (QED) is 0.672. The third kappa shape index (κ3) is 2.59. The maximum absolute atomic E-state index is 12.0. The molecular weight excluding hydrogens is 278 g/mol. The first kappa shape index (κ1) is 12.9. The lowest BCUT2D eigenvalue weighted by atomic mass is 10.2. The number of phenolic OH excluding ortho intramolecular Hbond substituents is 2. The summed E-state index contributed by atoms with van der Waals surface area (Å²) in [6.07, 6.45) is 0.856. The number of phenols is 2. The third-order valence-electron chi connectivity index (χ3n) is 2.99. The van der Waals surface area contributed by atoms with Crippen LogP contribution in [0.15, 0.2) is 18.2 Å². The molecule has 0 saturated carbocycles. The molecule has 104 valence electrons. The minimum absolute atomic E-state index is 0.155. The van der Waals surface area contributed by atoms with Gasteiger partial charge in [-0.1, -0.05) is 0 Å². The highest BCUT2D eigenvalue weighted by molar-refractivity contribution is 7.15. The lowest BCUT2D eigenvalue weighted by Gasteiger charge is -2.09. The Morgan fingerprint density at radius 2 is 2.05 bits per heavy atom. The maximum Gasteiger partial charge on any atom is 0.257 e. The van der Waals surface area contributed by atoms with E-state index in [-0.39, 0.29) is 17.1 Å². The predicted octanol–water partition coefficient (Wildman–Crippen LogP) is 1.45. The van der Waals surface area contributed by atoms with Crippen LogP contribution in [-0.2, 0) is 13.0 Å². The van der Waals surface area contributed by atoms with Crippen molar-refractivity contribution in [2.75, 3.05) is 11.9 Å². The van der Waals surface area contributed by atoms with Crippen LogP contribution in [0.3, 0.4) is 0 Å². The Bertz CT molecular complexity index is 625. The zero-order valence-electron chi connectivity index (χ0n) is 10.5. The molecule has 0 atom stereocenters. The van der Waals surface area contributed by atoms with Crippen LogP contribution in [0, 0.1) is 0 Å². The second-order valence-electron chi connectivity index (χ2n) is 4.51. The van der Waals surface area contributed by atoms with E-state index in [0.29, 0.717) is 5.13 Å². The highest BCUT2D eigenvalue weighted by Crippen LogP contribution is 2.26. The predicted molar refractivity (Wildman–Crippen MR) is 75.2 cm³/mol. The lowest BCUT2D eigenvalue weighted by molar-refractivity contribution is 0.102. The molecule has 0 unspecified atom stereocenters. The molecule has 6 nitrogen and oxygen atoms in total. The van der Waals surface area contributed by atoms with Gasteiger partial charge in [0.05, 0.1) is 5.69 Å². The molecule has 0 radical (unpaired) electrons. The van der Waals surface area contributed by atoms with E-state index >= 15 is 0 Å². The fourth-order valence-electron chi connectivity index (χ4n) is 2.07. The van der Waals surface area contributed by atoms with Crippen LogP contribution >= 0.6 is 11.3 Å². The summed E-state index contributed by atoms with van der Waals surface area (Å²) in [6.45, 7) is 1.67. The number of carbonyl (C=O) groups excluding carboxylic acids is 1. The smallest absolute Gasteiger partial charge is 0.257 e. The highest BCUT2D eigenvalue weighted by Gasteiger charge is 2.17. The first-order valence-corrected chi connectivity index (χ1v) is 6.97. The SMILES string of the molecule is O=C(Nc1nc2c(s1)CNCC2)c1cc(O)cc(O)c1. The number of benzene rings is 1. The summed E-state index contributed by atoms with van der Waals surface area (Å²) in [6, 6.07) is 3.76. The zero-order chi connectivity index (χ0) is 14.1. The number of thiazole rings is 1. The number of hydrogen-bond acceptors (Lipinski definition) is 6. The van der Waals surface area contributed by atoms with Gasteiger partial charge in [0, 0.05) is 36.0 Å². The number of carbonyl (C=O) groups is 1. The minimum Gasteiger partial charge on any atom is -0.508 e. The van der Waals surface area contributed by atoms with Crippen molar-refractivity contribution >= 4 is 22.4 Å². The Hall–Kier alpha value is -2.12. The molecule has 3 rings (SSSR count). The topological polar surface area (TPSA) is 94.5 Å². The number of amides is 1. The molecule has 2 heterocycles. The maximum atomic E-state index is 12.0. The van der Waals surface area contributed by atoms with Gasteiger partial charge in [0.2, 0.25) is 0 Å². The van der Waals surface area contributed by atoms with E-state index in [4.69, 9.17) is 0 Å². The number of aromatic nitrogens is 1. The van der Waals surface area contributed by atoms with Crippen LogP contribution in [0.5, 0.6) is 11.5 Å². The van der Waals surface area contributed by atoms with Crippen LogP contribution in [0.25, 0.3) is 0 Å². The summed E-state index contributed by atoms with van der Waals surface area (Å²) in [5, 5.41) is 25.2. The van der Waals surface area contributed by atoms with E-state index in [1.807, 2.05) is 0 Å². The molecule has 0 spiro atoms. The molecule has 1 aromatic heterocycles. The molecule has 1 amide bonds. The standard InChI is InChI=1S/C13H13N3O3S/c17-8-3-7(4-9(18)5-8)12(19)16-13-15-10-1-2-14-6-11(10)20-13/h3-5,14,17-18H,1-2,6H2,(H,15,16,19). The van der Waals surface area contributed by atoms with Gasteiger partial charge in [0.1, 0.15) is 11.5 Å². The van der Waals surface area contributed by atoms with Gasteiger partial charge in [-0.25, -0.2) is 4.98 Å². The van der Waals surface area contributed by atoms with Gasteiger partial charge in [-0.15, -0.1) is 11.3 Å². The number of rotatable bonds is 2. The average molecular weight is 291 g/mol. The first-order valence-electron chi connectivity index (χ1n) is 6.15. The Balaban J connectivity index is 1.80. The van der Waals surface area contributed by atoms with Gasteiger partial charge in [-0.3, -0.25) is 10.1 Å². The zero-order valence-corrected chi connectivity index (χ0v) is 11.3. The van der Waals surface area contributed by atoms with Crippen LogP contribution in [0.4, 0.5) is 5.13 Å². The average Bonchev–Trinajstić information content (AvgIpc) is 2.79. The molecule has 0 aliphatic carbocycles. The monoisotopic (exact) mass is 291 g/mol. The number of nitrogens with zero attached hydrogens (tertiary/aromatic N) is 1. The lowest BCUT2D eigenvalue weighted by Crippen LogP contribution is -2.22. The number of aromatic hydroxyl groups is 2. The fraction of sp³-hybridized carbons (Fsp3) is 0.231. The summed E-state index contributed by atoms with van der Waals surface area (Å²) in [7, 11) is 0. The first-order chi connectivity index (χ1) is 9.61. The van der Waals surface area contributed by atoms with Crippen molar-refractivity contribution in [1.82, 2.24) is 10.3 Å². The highest BCUT2D eigenvalue weighted by atomic mass is 32.1. The summed E-state index contributed by atoms with van der Waals surface area (Å²) in [4.78, 5) is 17.6. The van der Waals surface area contributed by atoms with Crippen molar-refractivity contribution in [3.05, 3.63) is 34.3 Å². The van der Waals surface area contributed by atoms with Crippen molar-refractivity contribution in [3.8, 4) is 11.5 Å². The van der Waals surface area contributed by atoms with Crippen LogP contribution in [0.1, 0.15) is 20.9 Å². The normalized spacial score (nSPS) is 13.8. The van der Waals surface area contributed by atoms with Crippen LogP contribution in [0.2, 0.25) is 0 Å².